The maximum Gasteiger partial charge on any atom is 0.219 e. The molecule has 20 heavy (non-hydrogen) atoms. The van der Waals surface area contributed by atoms with Gasteiger partial charge in [-0.25, -0.2) is 4.98 Å². The van der Waals surface area contributed by atoms with E-state index in [1.165, 1.54) is 0 Å². The number of hydrogen-bond acceptors (Lipinski definition) is 3. The maximum atomic E-state index is 6.14. The summed E-state index contributed by atoms with van der Waals surface area (Å²) >= 11 is 6.14. The molecule has 0 fully saturated rings. The lowest BCUT2D eigenvalue weighted by atomic mass is 10.2. The Morgan fingerprint density at radius 3 is 2.75 bits per heavy atom. The Kier molecular flexibility index (Phi) is 4.99. The molecule has 0 aliphatic rings. The summed E-state index contributed by atoms with van der Waals surface area (Å²) in [6.45, 7) is 7.78. The second-order valence-corrected chi connectivity index (χ2v) is 5.18. The SMILES string of the molecule is CCNCc1cc(C)nc(Oc2cc(C)ccc2Cl)c1. The fraction of sp³-hybridized carbons (Fsp3) is 0.312. The summed E-state index contributed by atoms with van der Waals surface area (Å²) < 4.78 is 5.82. The summed E-state index contributed by atoms with van der Waals surface area (Å²) in [4.78, 5) is 4.40. The van der Waals surface area contributed by atoms with E-state index >= 15 is 0 Å². The monoisotopic (exact) mass is 290 g/mol. The molecular formula is C16H19ClN2O. The second kappa shape index (κ2) is 6.73. The highest BCUT2D eigenvalue weighted by molar-refractivity contribution is 6.32. The van der Waals surface area contributed by atoms with Crippen LogP contribution in [0.1, 0.15) is 23.7 Å². The molecule has 2 aromatic rings. The number of hydrogen-bond donors (Lipinski definition) is 1. The molecule has 0 atom stereocenters. The van der Waals surface area contributed by atoms with Crippen molar-refractivity contribution < 1.29 is 4.74 Å². The van der Waals surface area contributed by atoms with Gasteiger partial charge in [-0.15, -0.1) is 0 Å². The lowest BCUT2D eigenvalue weighted by molar-refractivity contribution is 0.460. The fourth-order valence-electron chi connectivity index (χ4n) is 1.93. The van der Waals surface area contributed by atoms with Crippen LogP contribution >= 0.6 is 11.6 Å². The van der Waals surface area contributed by atoms with Crippen LogP contribution in [0, 0.1) is 13.8 Å². The molecule has 0 spiro atoms. The third kappa shape index (κ3) is 3.95. The summed E-state index contributed by atoms with van der Waals surface area (Å²) in [6.07, 6.45) is 0. The van der Waals surface area contributed by atoms with Crippen molar-refractivity contribution in [3.05, 3.63) is 52.2 Å². The molecule has 0 saturated heterocycles. The zero-order valence-electron chi connectivity index (χ0n) is 12.0. The van der Waals surface area contributed by atoms with Crippen LogP contribution in [0.4, 0.5) is 0 Å². The number of aryl methyl sites for hydroxylation is 2. The summed E-state index contributed by atoms with van der Waals surface area (Å²) in [6, 6.07) is 9.69. The highest BCUT2D eigenvalue weighted by atomic mass is 35.5. The first-order chi connectivity index (χ1) is 9.58. The average Bonchev–Trinajstić information content (AvgIpc) is 2.40. The van der Waals surface area contributed by atoms with Crippen LogP contribution in [0.15, 0.2) is 30.3 Å². The maximum absolute atomic E-state index is 6.14. The highest BCUT2D eigenvalue weighted by Crippen LogP contribution is 2.29. The molecule has 1 heterocycles. The Bertz CT molecular complexity index is 599. The highest BCUT2D eigenvalue weighted by Gasteiger charge is 2.06. The standard InChI is InChI=1S/C16H19ClN2O/c1-4-18-10-13-8-12(3)19-16(9-13)20-15-7-11(2)5-6-14(15)17/h5-9,18H,4,10H2,1-3H3. The lowest BCUT2D eigenvalue weighted by Gasteiger charge is -2.10. The Morgan fingerprint density at radius 1 is 1.20 bits per heavy atom. The van der Waals surface area contributed by atoms with Gasteiger partial charge in [0.15, 0.2) is 0 Å². The minimum atomic E-state index is 0.574. The van der Waals surface area contributed by atoms with Crippen molar-refractivity contribution in [3.8, 4) is 11.6 Å². The molecule has 106 valence electrons. The number of rotatable bonds is 5. The van der Waals surface area contributed by atoms with Crippen LogP contribution in [0.3, 0.4) is 0 Å². The lowest BCUT2D eigenvalue weighted by Crippen LogP contribution is -2.12. The first kappa shape index (κ1) is 14.8. The molecule has 2 rings (SSSR count). The van der Waals surface area contributed by atoms with Crippen molar-refractivity contribution in [3.63, 3.8) is 0 Å². The predicted molar refractivity (Wildman–Crippen MR) is 82.6 cm³/mol. The van der Waals surface area contributed by atoms with Gasteiger partial charge in [0.05, 0.1) is 5.02 Å². The number of nitrogens with zero attached hydrogens (tertiary/aromatic N) is 1. The Balaban J connectivity index is 2.24. The van der Waals surface area contributed by atoms with Gasteiger partial charge in [-0.1, -0.05) is 24.6 Å². The van der Waals surface area contributed by atoms with E-state index in [0.717, 1.165) is 29.9 Å². The third-order valence-corrected chi connectivity index (χ3v) is 3.18. The van der Waals surface area contributed by atoms with Gasteiger partial charge in [-0.3, -0.25) is 0 Å². The topological polar surface area (TPSA) is 34.2 Å². The van der Waals surface area contributed by atoms with Crippen LogP contribution in [0.2, 0.25) is 5.02 Å². The van der Waals surface area contributed by atoms with E-state index in [0.29, 0.717) is 16.7 Å². The van der Waals surface area contributed by atoms with E-state index in [1.807, 2.05) is 44.2 Å². The number of ether oxygens (including phenoxy) is 1. The molecule has 3 nitrogen and oxygen atoms in total. The zero-order chi connectivity index (χ0) is 14.5. The van der Waals surface area contributed by atoms with Crippen molar-refractivity contribution >= 4 is 11.6 Å². The van der Waals surface area contributed by atoms with Gasteiger partial charge in [0.1, 0.15) is 5.75 Å². The second-order valence-electron chi connectivity index (χ2n) is 4.77. The van der Waals surface area contributed by atoms with Crippen molar-refractivity contribution in [2.75, 3.05) is 6.54 Å². The molecule has 4 heteroatoms. The minimum absolute atomic E-state index is 0.574. The van der Waals surface area contributed by atoms with E-state index in [4.69, 9.17) is 16.3 Å². The van der Waals surface area contributed by atoms with Crippen molar-refractivity contribution in [2.45, 2.75) is 27.3 Å². The van der Waals surface area contributed by atoms with Crippen LogP contribution in [-0.4, -0.2) is 11.5 Å². The molecule has 1 N–H and O–H groups in total. The number of aromatic nitrogens is 1. The summed E-state index contributed by atoms with van der Waals surface area (Å²) in [5, 5.41) is 3.88. The quantitative estimate of drug-likeness (QED) is 0.894. The Morgan fingerprint density at radius 2 is 2.00 bits per heavy atom. The largest absolute Gasteiger partial charge is 0.437 e. The van der Waals surface area contributed by atoms with Gasteiger partial charge in [0.2, 0.25) is 5.88 Å². The van der Waals surface area contributed by atoms with Crippen LogP contribution < -0.4 is 10.1 Å². The molecule has 0 aliphatic carbocycles. The van der Waals surface area contributed by atoms with Gasteiger partial charge in [-0.2, -0.15) is 0 Å². The predicted octanol–water partition coefficient (Wildman–Crippen LogP) is 4.25. The number of pyridine rings is 1. The van der Waals surface area contributed by atoms with Crippen LogP contribution in [0.25, 0.3) is 0 Å². The minimum Gasteiger partial charge on any atom is -0.437 e. The molecule has 0 radical (unpaired) electrons. The van der Waals surface area contributed by atoms with Gasteiger partial charge >= 0.3 is 0 Å². The van der Waals surface area contributed by atoms with Crippen molar-refractivity contribution in [1.82, 2.24) is 10.3 Å². The number of halogens is 1. The van der Waals surface area contributed by atoms with Gasteiger partial charge in [-0.05, 0) is 49.7 Å². The van der Waals surface area contributed by atoms with Gasteiger partial charge in [0.25, 0.3) is 0 Å². The normalized spacial score (nSPS) is 10.6. The molecule has 0 saturated carbocycles. The van der Waals surface area contributed by atoms with Gasteiger partial charge in [0, 0.05) is 18.3 Å². The summed E-state index contributed by atoms with van der Waals surface area (Å²) in [5.41, 5.74) is 3.18. The smallest absolute Gasteiger partial charge is 0.219 e. The van der Waals surface area contributed by atoms with Gasteiger partial charge < -0.3 is 10.1 Å². The van der Waals surface area contributed by atoms with Crippen LogP contribution in [-0.2, 0) is 6.54 Å². The summed E-state index contributed by atoms with van der Waals surface area (Å²) in [7, 11) is 0. The molecule has 1 aromatic carbocycles. The molecule has 1 aromatic heterocycles. The molecule has 0 aliphatic heterocycles. The zero-order valence-corrected chi connectivity index (χ0v) is 12.8. The van der Waals surface area contributed by atoms with E-state index in [-0.39, 0.29) is 0 Å². The third-order valence-electron chi connectivity index (χ3n) is 2.87. The fourth-order valence-corrected chi connectivity index (χ4v) is 2.09. The average molecular weight is 291 g/mol. The Hall–Kier alpha value is -1.58. The molecular weight excluding hydrogens is 272 g/mol. The first-order valence-electron chi connectivity index (χ1n) is 6.70. The van der Waals surface area contributed by atoms with E-state index in [1.54, 1.807) is 0 Å². The molecule has 0 amide bonds. The van der Waals surface area contributed by atoms with E-state index in [9.17, 15) is 0 Å². The molecule has 0 bridgehead atoms. The molecule has 0 unspecified atom stereocenters. The first-order valence-corrected chi connectivity index (χ1v) is 7.08. The number of benzene rings is 1. The van der Waals surface area contributed by atoms with E-state index in [2.05, 4.69) is 17.2 Å². The van der Waals surface area contributed by atoms with Crippen molar-refractivity contribution in [2.24, 2.45) is 0 Å². The van der Waals surface area contributed by atoms with Crippen LogP contribution in [0.5, 0.6) is 11.6 Å². The Labute approximate surface area is 124 Å². The van der Waals surface area contributed by atoms with E-state index < -0.39 is 0 Å². The van der Waals surface area contributed by atoms with Crippen molar-refractivity contribution in [1.29, 1.82) is 0 Å². The summed E-state index contributed by atoms with van der Waals surface area (Å²) in [5.74, 6) is 1.21. The number of nitrogens with one attached hydrogen (secondary N) is 1.